The molecule has 3 heterocycles. The molecule has 0 N–H and O–H groups in total. The zero-order chi connectivity index (χ0) is 20.2. The molecule has 1 fully saturated rings. The zero-order valence-electron chi connectivity index (χ0n) is 16.7. The van der Waals surface area contributed by atoms with Crippen LogP contribution < -0.4 is 5.56 Å². The van der Waals surface area contributed by atoms with E-state index in [1.807, 2.05) is 10.3 Å². The molecule has 0 radical (unpaired) electrons. The van der Waals surface area contributed by atoms with Crippen LogP contribution in [-0.4, -0.2) is 51.3 Å². The molecule has 1 saturated heterocycles. The van der Waals surface area contributed by atoms with Crippen molar-refractivity contribution in [2.45, 2.75) is 32.7 Å². The maximum atomic E-state index is 12.5. The van der Waals surface area contributed by atoms with Crippen molar-refractivity contribution in [3.05, 3.63) is 69.1 Å². The van der Waals surface area contributed by atoms with Gasteiger partial charge in [-0.25, -0.2) is 4.98 Å². The number of fused-ring (bicyclic) bond motifs is 1. The quantitative estimate of drug-likeness (QED) is 0.627. The molecule has 2 aromatic heterocycles. The number of nitrogens with zero attached hydrogens (tertiary/aromatic N) is 4. The molecule has 1 aliphatic rings. The number of carbonyl (C=O) groups excluding carboxylic acids is 1. The van der Waals surface area contributed by atoms with Gasteiger partial charge in [-0.2, -0.15) is 0 Å². The van der Waals surface area contributed by atoms with Crippen LogP contribution in [0.3, 0.4) is 0 Å². The molecule has 1 aliphatic heterocycles. The van der Waals surface area contributed by atoms with E-state index in [9.17, 15) is 9.59 Å². The number of rotatable bonds is 6. The van der Waals surface area contributed by atoms with E-state index < -0.39 is 0 Å². The molecule has 1 aromatic carbocycles. The topological polar surface area (TPSA) is 57.9 Å². The van der Waals surface area contributed by atoms with Crippen LogP contribution in [0, 0.1) is 6.92 Å². The Morgan fingerprint density at radius 2 is 1.90 bits per heavy atom. The van der Waals surface area contributed by atoms with Gasteiger partial charge in [0.05, 0.1) is 5.69 Å². The lowest BCUT2D eigenvalue weighted by Gasteiger charge is -2.34. The van der Waals surface area contributed by atoms with Crippen molar-refractivity contribution in [2.75, 3.05) is 26.2 Å². The number of benzene rings is 1. The summed E-state index contributed by atoms with van der Waals surface area (Å²) < 4.78 is 1.57. The lowest BCUT2D eigenvalue weighted by Crippen LogP contribution is -2.48. The van der Waals surface area contributed by atoms with Crippen LogP contribution in [0.2, 0.25) is 0 Å². The number of aromatic nitrogens is 2. The van der Waals surface area contributed by atoms with E-state index in [0.29, 0.717) is 13.0 Å². The van der Waals surface area contributed by atoms with Gasteiger partial charge in [0, 0.05) is 56.8 Å². The summed E-state index contributed by atoms with van der Waals surface area (Å²) in [7, 11) is 0. The van der Waals surface area contributed by atoms with Gasteiger partial charge in [-0.1, -0.05) is 29.8 Å². The van der Waals surface area contributed by atoms with E-state index in [0.717, 1.165) is 49.7 Å². The fraction of sp³-hybridized carbons (Fsp3) is 0.409. The summed E-state index contributed by atoms with van der Waals surface area (Å²) in [6.07, 6.45) is 4.18. The monoisotopic (exact) mass is 410 g/mol. The van der Waals surface area contributed by atoms with Crippen molar-refractivity contribution in [3.8, 4) is 0 Å². The average molecular weight is 411 g/mol. The number of piperazine rings is 1. The van der Waals surface area contributed by atoms with Crippen molar-refractivity contribution < 1.29 is 4.79 Å². The molecule has 7 heteroatoms. The van der Waals surface area contributed by atoms with Gasteiger partial charge in [-0.05, 0) is 25.3 Å². The molecule has 0 atom stereocenters. The van der Waals surface area contributed by atoms with E-state index in [4.69, 9.17) is 0 Å². The molecule has 0 unspecified atom stereocenters. The van der Waals surface area contributed by atoms with Gasteiger partial charge in [0.1, 0.15) is 0 Å². The normalized spacial score (nSPS) is 15.1. The summed E-state index contributed by atoms with van der Waals surface area (Å²) in [5.74, 6) is 0.244. The highest BCUT2D eigenvalue weighted by molar-refractivity contribution is 7.15. The smallest absolute Gasteiger partial charge is 0.258 e. The summed E-state index contributed by atoms with van der Waals surface area (Å²) in [5, 5.41) is 1.87. The fourth-order valence-electron chi connectivity index (χ4n) is 3.71. The van der Waals surface area contributed by atoms with E-state index >= 15 is 0 Å². The highest BCUT2D eigenvalue weighted by Crippen LogP contribution is 2.12. The Morgan fingerprint density at radius 3 is 2.66 bits per heavy atom. The summed E-state index contributed by atoms with van der Waals surface area (Å²) in [4.78, 5) is 34.2. The van der Waals surface area contributed by atoms with Crippen LogP contribution in [0.1, 0.15) is 29.7 Å². The Kier molecular flexibility index (Phi) is 6.06. The molecule has 6 nitrogen and oxygen atoms in total. The van der Waals surface area contributed by atoms with Gasteiger partial charge >= 0.3 is 0 Å². The first-order chi connectivity index (χ1) is 14.1. The molecule has 0 spiro atoms. The number of carbonyl (C=O) groups is 1. The van der Waals surface area contributed by atoms with Crippen molar-refractivity contribution >= 4 is 22.2 Å². The van der Waals surface area contributed by atoms with Crippen molar-refractivity contribution in [2.24, 2.45) is 0 Å². The van der Waals surface area contributed by atoms with Crippen LogP contribution in [0.25, 0.3) is 4.96 Å². The van der Waals surface area contributed by atoms with Crippen molar-refractivity contribution in [1.29, 1.82) is 0 Å². The van der Waals surface area contributed by atoms with Gasteiger partial charge in [0.2, 0.25) is 5.91 Å². The first-order valence-corrected chi connectivity index (χ1v) is 11.0. The fourth-order valence-corrected chi connectivity index (χ4v) is 4.45. The van der Waals surface area contributed by atoms with Crippen LogP contribution in [0.5, 0.6) is 0 Å². The molecule has 3 aromatic rings. The third-order valence-corrected chi connectivity index (χ3v) is 6.20. The summed E-state index contributed by atoms with van der Waals surface area (Å²) in [5.41, 5.74) is 3.32. The molecule has 152 valence electrons. The number of amides is 1. The molecule has 0 bridgehead atoms. The lowest BCUT2D eigenvalue weighted by atomic mass is 10.1. The summed E-state index contributed by atoms with van der Waals surface area (Å²) >= 11 is 1.47. The predicted octanol–water partition coefficient (Wildman–Crippen LogP) is 2.73. The average Bonchev–Trinajstić information content (AvgIpc) is 3.19. The molecule has 1 amide bonds. The van der Waals surface area contributed by atoms with Gasteiger partial charge in [-0.3, -0.25) is 18.9 Å². The second-order valence-electron chi connectivity index (χ2n) is 7.64. The minimum absolute atomic E-state index is 0.0337. The van der Waals surface area contributed by atoms with Crippen molar-refractivity contribution in [1.82, 2.24) is 19.2 Å². The number of aryl methyl sites for hydroxylation is 2. The Bertz CT molecular complexity index is 1030. The minimum atomic E-state index is -0.0337. The molecule has 0 saturated carbocycles. The van der Waals surface area contributed by atoms with E-state index in [1.165, 1.54) is 22.5 Å². The Balaban J connectivity index is 1.23. The number of hydrogen-bond donors (Lipinski definition) is 0. The zero-order valence-corrected chi connectivity index (χ0v) is 17.5. The standard InChI is InChI=1S/C22H26N4O2S/c1-17-5-7-18(8-6-17)3-2-4-20(27)25-11-9-24(10-12-25)16-19-15-21(28)26-13-14-29-22(26)23-19/h5-8,13-15H,2-4,9-12,16H2,1H3. The summed E-state index contributed by atoms with van der Waals surface area (Å²) in [6, 6.07) is 10.1. The van der Waals surface area contributed by atoms with Crippen molar-refractivity contribution in [3.63, 3.8) is 0 Å². The Hall–Kier alpha value is -2.51. The minimum Gasteiger partial charge on any atom is -0.340 e. The Labute approximate surface area is 174 Å². The highest BCUT2D eigenvalue weighted by Gasteiger charge is 2.21. The summed E-state index contributed by atoms with van der Waals surface area (Å²) in [6.45, 7) is 5.85. The second-order valence-corrected chi connectivity index (χ2v) is 8.51. The van der Waals surface area contributed by atoms with Gasteiger partial charge in [0.25, 0.3) is 5.56 Å². The van der Waals surface area contributed by atoms with E-state index in [1.54, 1.807) is 16.7 Å². The van der Waals surface area contributed by atoms with Crippen LogP contribution in [0.4, 0.5) is 0 Å². The second kappa shape index (κ2) is 8.88. The predicted molar refractivity (Wildman–Crippen MR) is 115 cm³/mol. The highest BCUT2D eigenvalue weighted by atomic mass is 32.1. The SMILES string of the molecule is Cc1ccc(CCCC(=O)N2CCN(Cc3cc(=O)n4ccsc4n3)CC2)cc1. The van der Waals surface area contributed by atoms with Gasteiger partial charge < -0.3 is 4.90 Å². The third-order valence-electron chi connectivity index (χ3n) is 5.44. The van der Waals surface area contributed by atoms with Gasteiger partial charge in [0.15, 0.2) is 4.96 Å². The first-order valence-electron chi connectivity index (χ1n) is 10.1. The van der Waals surface area contributed by atoms with E-state index in [-0.39, 0.29) is 11.5 Å². The molecular weight excluding hydrogens is 384 g/mol. The molecule has 4 rings (SSSR count). The van der Waals surface area contributed by atoms with Gasteiger partial charge in [-0.15, -0.1) is 11.3 Å². The number of thiazole rings is 1. The third kappa shape index (κ3) is 4.92. The van der Waals surface area contributed by atoms with Crippen LogP contribution >= 0.6 is 11.3 Å². The maximum absolute atomic E-state index is 12.5. The maximum Gasteiger partial charge on any atom is 0.258 e. The Morgan fingerprint density at radius 1 is 1.14 bits per heavy atom. The molecular formula is C22H26N4O2S. The molecule has 0 aliphatic carbocycles. The first kappa shape index (κ1) is 19.8. The number of hydrogen-bond acceptors (Lipinski definition) is 5. The largest absolute Gasteiger partial charge is 0.340 e. The van der Waals surface area contributed by atoms with Crippen LogP contribution in [-0.2, 0) is 17.8 Å². The lowest BCUT2D eigenvalue weighted by molar-refractivity contribution is -0.133. The van der Waals surface area contributed by atoms with E-state index in [2.05, 4.69) is 41.1 Å². The van der Waals surface area contributed by atoms with Crippen LogP contribution in [0.15, 0.2) is 46.7 Å². The molecule has 29 heavy (non-hydrogen) atoms.